The van der Waals surface area contributed by atoms with Crippen molar-refractivity contribution < 1.29 is 34.2 Å². The Kier molecular flexibility index (Phi) is 13.3. The van der Waals surface area contributed by atoms with Gasteiger partial charge in [-0.1, -0.05) is 47.7 Å². The predicted octanol–water partition coefficient (Wildman–Crippen LogP) is 2.44. The second-order valence-electron chi connectivity index (χ2n) is 10.1. The van der Waals surface area contributed by atoms with Crippen LogP contribution in [0, 0.1) is 5.92 Å². The van der Waals surface area contributed by atoms with Crippen molar-refractivity contribution in [3.05, 3.63) is 77.6 Å². The molecular weight excluding hydrogens is 556 g/mol. The largest absolute Gasteiger partial charge is 0.467 e. The highest BCUT2D eigenvalue weighted by Crippen LogP contribution is 2.18. The number of ether oxygens (including phenoxy) is 1. The van der Waals surface area contributed by atoms with Crippen LogP contribution >= 0.6 is 0 Å². The molecule has 1 heterocycles. The van der Waals surface area contributed by atoms with Gasteiger partial charge in [0.2, 0.25) is 17.7 Å². The van der Waals surface area contributed by atoms with Gasteiger partial charge in [0.25, 0.3) is 0 Å². The lowest BCUT2D eigenvalue weighted by atomic mass is 9.95. The van der Waals surface area contributed by atoms with Crippen LogP contribution in [0.3, 0.4) is 0 Å². The summed E-state index contributed by atoms with van der Waals surface area (Å²) in [6.45, 7) is 0.680. The molecule has 230 valence electrons. The van der Waals surface area contributed by atoms with Gasteiger partial charge < -0.3 is 20.5 Å². The molecule has 0 aliphatic heterocycles. The van der Waals surface area contributed by atoms with Crippen LogP contribution in [0.2, 0.25) is 0 Å². The lowest BCUT2D eigenvalue weighted by Crippen LogP contribution is -2.34. The van der Waals surface area contributed by atoms with Crippen molar-refractivity contribution >= 4 is 29.4 Å². The lowest BCUT2D eigenvalue weighted by Gasteiger charge is -2.15. The first-order valence-corrected chi connectivity index (χ1v) is 14.1. The number of hydrogen-bond donors (Lipinski definition) is 5. The number of hydrogen-bond acceptors (Lipinski definition) is 9. The summed E-state index contributed by atoms with van der Waals surface area (Å²) < 4.78 is 6.15. The number of hydroxylamine groups is 1. The number of unbranched alkanes of at least 4 members (excludes halogenated alkanes) is 1. The minimum Gasteiger partial charge on any atom is -0.467 e. The van der Waals surface area contributed by atoms with Crippen molar-refractivity contribution in [1.29, 1.82) is 0 Å². The van der Waals surface area contributed by atoms with E-state index in [0.29, 0.717) is 49.2 Å². The fraction of sp³-hybridized carbons (Fsp3) is 0.400. The van der Waals surface area contributed by atoms with E-state index in [4.69, 9.17) is 5.21 Å². The van der Waals surface area contributed by atoms with Crippen LogP contribution in [-0.4, -0.2) is 56.1 Å². The molecule has 3 amide bonds. The first kappa shape index (κ1) is 32.9. The van der Waals surface area contributed by atoms with Gasteiger partial charge in [-0.25, -0.2) is 10.3 Å². The first-order chi connectivity index (χ1) is 20.8. The van der Waals surface area contributed by atoms with E-state index in [1.54, 1.807) is 40.6 Å². The number of nitrogens with zero attached hydrogens (tertiary/aromatic N) is 3. The highest BCUT2D eigenvalue weighted by molar-refractivity contribution is 5.90. The van der Waals surface area contributed by atoms with Gasteiger partial charge >= 0.3 is 5.97 Å². The van der Waals surface area contributed by atoms with E-state index in [1.807, 2.05) is 30.3 Å². The fourth-order valence-electron chi connectivity index (χ4n) is 4.42. The Morgan fingerprint density at radius 3 is 2.42 bits per heavy atom. The molecule has 0 radical (unpaired) electrons. The number of rotatable bonds is 17. The number of carbonyl (C=O) groups is 4. The van der Waals surface area contributed by atoms with E-state index < -0.39 is 23.9 Å². The summed E-state index contributed by atoms with van der Waals surface area (Å²) in [6, 6.07) is 16.2. The van der Waals surface area contributed by atoms with Crippen molar-refractivity contribution in [1.82, 2.24) is 25.8 Å². The minimum absolute atomic E-state index is 0.124. The van der Waals surface area contributed by atoms with Crippen molar-refractivity contribution in [2.75, 3.05) is 12.4 Å². The summed E-state index contributed by atoms with van der Waals surface area (Å²) in [4.78, 5) is 48.3. The zero-order valence-corrected chi connectivity index (χ0v) is 24.1. The van der Waals surface area contributed by atoms with Gasteiger partial charge in [-0.3, -0.25) is 24.3 Å². The number of anilines is 1. The summed E-state index contributed by atoms with van der Waals surface area (Å²) in [6.07, 6.45) is 3.75. The molecule has 2 unspecified atom stereocenters. The van der Waals surface area contributed by atoms with Crippen LogP contribution < -0.4 is 16.1 Å². The molecule has 2 aromatic carbocycles. The number of aromatic nitrogens is 3. The molecule has 0 fully saturated rings. The van der Waals surface area contributed by atoms with Crippen LogP contribution in [0.1, 0.15) is 61.4 Å². The molecule has 43 heavy (non-hydrogen) atoms. The quantitative estimate of drug-likeness (QED) is 0.0678. The number of nitrogens with one attached hydrogen (secondary N) is 3. The number of carbonyl (C=O) groups excluding carboxylic acids is 4. The Bertz CT molecular complexity index is 1330. The third-order valence-electron chi connectivity index (χ3n) is 6.79. The minimum atomic E-state index is -1.38. The summed E-state index contributed by atoms with van der Waals surface area (Å²) in [7, 11) is 1.19. The Hall–Kier alpha value is -4.62. The molecule has 3 aromatic rings. The first-order valence-electron chi connectivity index (χ1n) is 14.1. The number of benzene rings is 2. The molecule has 0 spiro atoms. The third-order valence-corrected chi connectivity index (χ3v) is 6.79. The van der Waals surface area contributed by atoms with Gasteiger partial charge in [0.15, 0.2) is 6.10 Å². The Morgan fingerprint density at radius 1 is 0.977 bits per heavy atom. The van der Waals surface area contributed by atoms with Crippen molar-refractivity contribution in [2.45, 2.75) is 64.1 Å². The average Bonchev–Trinajstić information content (AvgIpc) is 3.49. The van der Waals surface area contributed by atoms with E-state index in [-0.39, 0.29) is 31.2 Å². The number of amides is 3. The van der Waals surface area contributed by atoms with E-state index in [1.165, 1.54) is 7.11 Å². The summed E-state index contributed by atoms with van der Waals surface area (Å²) >= 11 is 0. The maximum atomic E-state index is 12.8. The maximum Gasteiger partial charge on any atom is 0.339 e. The smallest absolute Gasteiger partial charge is 0.339 e. The van der Waals surface area contributed by atoms with E-state index in [9.17, 15) is 24.3 Å². The highest BCUT2D eigenvalue weighted by Gasteiger charge is 2.22. The Morgan fingerprint density at radius 2 is 1.72 bits per heavy atom. The molecule has 1 aromatic heterocycles. The zero-order valence-electron chi connectivity index (χ0n) is 24.1. The van der Waals surface area contributed by atoms with Crippen LogP contribution in [0.15, 0.2) is 60.8 Å². The molecule has 0 saturated heterocycles. The second kappa shape index (κ2) is 17.4. The number of aliphatic hydroxyl groups is 1. The fourth-order valence-corrected chi connectivity index (χ4v) is 4.42. The molecule has 0 aliphatic rings. The number of methoxy groups -OCH3 is 1. The van der Waals surface area contributed by atoms with Crippen molar-refractivity contribution in [3.8, 4) is 0 Å². The molecule has 2 atom stereocenters. The Labute approximate surface area is 249 Å². The van der Waals surface area contributed by atoms with Gasteiger partial charge in [0.05, 0.1) is 19.9 Å². The zero-order chi connectivity index (χ0) is 31.0. The Balaban J connectivity index is 1.37. The standard InChI is InChI=1S/C30H38N6O7/c1-43-30(41)28(39)22-13-15-24(16-14-22)32-26(37)12-5-6-17-36-20-25(33-35-36)19-31-29(40)23(18-27(38)34-42)11-7-10-21-8-3-2-4-9-21/h2-4,8-9,13-16,20,23,28,39,42H,5-7,10-12,17-19H2,1H3,(H,31,40)(H,32,37)(H,34,38). The topological polar surface area (TPSA) is 185 Å². The molecule has 13 nitrogen and oxygen atoms in total. The normalized spacial score (nSPS) is 12.2. The molecule has 3 rings (SSSR count). The van der Waals surface area contributed by atoms with Crippen molar-refractivity contribution in [3.63, 3.8) is 0 Å². The van der Waals surface area contributed by atoms with Gasteiger partial charge in [0, 0.05) is 31.0 Å². The number of esters is 1. The number of aliphatic hydroxyl groups excluding tert-OH is 1. The van der Waals surface area contributed by atoms with Crippen LogP contribution in [0.25, 0.3) is 0 Å². The summed E-state index contributed by atoms with van der Waals surface area (Å²) in [5.41, 5.74) is 4.21. The van der Waals surface area contributed by atoms with Crippen molar-refractivity contribution in [2.24, 2.45) is 5.92 Å². The van der Waals surface area contributed by atoms with E-state index in [0.717, 1.165) is 12.0 Å². The molecular formula is C30H38N6O7. The van der Waals surface area contributed by atoms with E-state index >= 15 is 0 Å². The van der Waals surface area contributed by atoms with Gasteiger partial charge in [-0.05, 0) is 55.4 Å². The molecule has 0 bridgehead atoms. The lowest BCUT2D eigenvalue weighted by molar-refractivity contribution is -0.150. The van der Waals surface area contributed by atoms with E-state index in [2.05, 4.69) is 25.7 Å². The van der Waals surface area contributed by atoms with Gasteiger partial charge in [-0.15, -0.1) is 5.10 Å². The van der Waals surface area contributed by atoms with Crippen LogP contribution in [-0.2, 0) is 43.4 Å². The monoisotopic (exact) mass is 594 g/mol. The predicted molar refractivity (Wildman–Crippen MR) is 155 cm³/mol. The highest BCUT2D eigenvalue weighted by atomic mass is 16.5. The SMILES string of the molecule is COC(=O)C(O)c1ccc(NC(=O)CCCCn2cc(CNC(=O)C(CCCc3ccccc3)CC(=O)NO)nn2)cc1. The molecule has 5 N–H and O–H groups in total. The molecule has 0 saturated carbocycles. The van der Waals surface area contributed by atoms with Crippen LogP contribution in [0.4, 0.5) is 5.69 Å². The molecule has 13 heteroatoms. The second-order valence-corrected chi connectivity index (χ2v) is 10.1. The maximum absolute atomic E-state index is 12.8. The third kappa shape index (κ3) is 11.3. The molecule has 0 aliphatic carbocycles. The van der Waals surface area contributed by atoms with Crippen LogP contribution in [0.5, 0.6) is 0 Å². The van der Waals surface area contributed by atoms with Gasteiger partial charge in [-0.2, -0.15) is 0 Å². The average molecular weight is 595 g/mol. The summed E-state index contributed by atoms with van der Waals surface area (Å²) in [5.74, 6) is -2.44. The number of aryl methyl sites for hydroxylation is 2. The van der Waals surface area contributed by atoms with Gasteiger partial charge in [0.1, 0.15) is 5.69 Å². The summed E-state index contributed by atoms with van der Waals surface area (Å²) in [5, 5.41) is 32.5.